The molecule has 0 spiro atoms. The van der Waals surface area contributed by atoms with Gasteiger partial charge in [0.1, 0.15) is 0 Å². The summed E-state index contributed by atoms with van der Waals surface area (Å²) in [5, 5.41) is 9.13. The highest BCUT2D eigenvalue weighted by molar-refractivity contribution is 5.73. The number of rotatable bonds is 3. The first-order chi connectivity index (χ1) is 12.7. The van der Waals surface area contributed by atoms with Crippen molar-refractivity contribution in [1.29, 1.82) is 0 Å². The van der Waals surface area contributed by atoms with Crippen LogP contribution in [0.5, 0.6) is 0 Å². The van der Waals surface area contributed by atoms with Gasteiger partial charge in [-0.25, -0.2) is 9.38 Å². The predicted molar refractivity (Wildman–Crippen MR) is 106 cm³/mol. The fourth-order valence-corrected chi connectivity index (χ4v) is 3.70. The van der Waals surface area contributed by atoms with Crippen molar-refractivity contribution >= 4 is 17.5 Å². The minimum Gasteiger partial charge on any atom is -0.348 e. The van der Waals surface area contributed by atoms with Crippen LogP contribution in [-0.2, 0) is 0 Å². The number of benzene rings is 1. The molecule has 6 heteroatoms. The minimum absolute atomic E-state index is 0.869. The molecule has 0 amide bonds. The molecular weight excluding hydrogens is 324 g/mol. The normalized spacial score (nSPS) is 15.3. The van der Waals surface area contributed by atoms with Crippen molar-refractivity contribution in [2.24, 2.45) is 0 Å². The second kappa shape index (κ2) is 6.94. The van der Waals surface area contributed by atoms with Gasteiger partial charge in [-0.05, 0) is 19.8 Å². The van der Waals surface area contributed by atoms with Crippen LogP contribution >= 0.6 is 0 Å². The second-order valence-corrected chi connectivity index (χ2v) is 7.21. The molecule has 6 nitrogen and oxygen atoms in total. The first kappa shape index (κ1) is 16.8. The predicted octanol–water partition coefficient (Wildman–Crippen LogP) is 3.55. The summed E-state index contributed by atoms with van der Waals surface area (Å²) < 4.78 is 2.12. The Labute approximate surface area is 154 Å². The van der Waals surface area contributed by atoms with Crippen LogP contribution in [-0.4, -0.2) is 46.8 Å². The SMILES string of the molecule is Cc1c(-c2ccccc2)nc(N(C)C)n2c(N3CCCCCC3)nnc12. The Bertz CT molecular complexity index is 892. The van der Waals surface area contributed by atoms with Crippen LogP contribution in [0.1, 0.15) is 31.2 Å². The Morgan fingerprint density at radius 2 is 1.62 bits per heavy atom. The topological polar surface area (TPSA) is 49.6 Å². The summed E-state index contributed by atoms with van der Waals surface area (Å²) in [5.41, 5.74) is 4.03. The van der Waals surface area contributed by atoms with Gasteiger partial charge in [0.15, 0.2) is 5.65 Å². The molecule has 4 rings (SSSR count). The van der Waals surface area contributed by atoms with Crippen LogP contribution in [0.15, 0.2) is 30.3 Å². The van der Waals surface area contributed by atoms with Crippen LogP contribution in [0, 0.1) is 6.92 Å². The standard InChI is InChI=1S/C20H26N6/c1-15-17(16-11-7-6-8-12-16)21-19(24(2)3)26-18(15)22-23-20(26)25-13-9-4-5-10-14-25/h6-8,11-12H,4-5,9-10,13-14H2,1-3H3. The van der Waals surface area contributed by atoms with Crippen LogP contribution in [0.2, 0.25) is 0 Å². The first-order valence-corrected chi connectivity index (χ1v) is 9.40. The van der Waals surface area contributed by atoms with Crippen molar-refractivity contribution in [3.63, 3.8) is 0 Å². The maximum atomic E-state index is 5.00. The van der Waals surface area contributed by atoms with E-state index in [4.69, 9.17) is 4.98 Å². The van der Waals surface area contributed by atoms with E-state index in [0.717, 1.165) is 47.5 Å². The monoisotopic (exact) mass is 350 g/mol. The average Bonchev–Trinajstić information content (AvgIpc) is 2.91. The van der Waals surface area contributed by atoms with E-state index >= 15 is 0 Å². The third-order valence-corrected chi connectivity index (χ3v) is 5.08. The molecule has 0 atom stereocenters. The van der Waals surface area contributed by atoms with E-state index in [1.807, 2.05) is 37.2 Å². The number of nitrogens with zero attached hydrogens (tertiary/aromatic N) is 6. The zero-order valence-electron chi connectivity index (χ0n) is 15.8. The molecule has 1 aliphatic heterocycles. The lowest BCUT2D eigenvalue weighted by Crippen LogP contribution is -2.27. The van der Waals surface area contributed by atoms with Crippen molar-refractivity contribution in [3.8, 4) is 11.3 Å². The fraction of sp³-hybridized carbons (Fsp3) is 0.450. The molecule has 1 saturated heterocycles. The third-order valence-electron chi connectivity index (χ3n) is 5.08. The Morgan fingerprint density at radius 1 is 0.923 bits per heavy atom. The van der Waals surface area contributed by atoms with E-state index in [1.54, 1.807) is 0 Å². The highest BCUT2D eigenvalue weighted by Crippen LogP contribution is 2.30. The van der Waals surface area contributed by atoms with Crippen molar-refractivity contribution < 1.29 is 0 Å². The molecule has 0 radical (unpaired) electrons. The van der Waals surface area contributed by atoms with Gasteiger partial charge >= 0.3 is 0 Å². The molecule has 0 unspecified atom stereocenters. The van der Waals surface area contributed by atoms with Gasteiger partial charge in [-0.2, -0.15) is 0 Å². The molecule has 0 saturated carbocycles. The summed E-state index contributed by atoms with van der Waals surface area (Å²) in [7, 11) is 4.05. The third kappa shape index (κ3) is 2.89. The van der Waals surface area contributed by atoms with Crippen LogP contribution < -0.4 is 9.80 Å². The number of hydrogen-bond donors (Lipinski definition) is 0. The summed E-state index contributed by atoms with van der Waals surface area (Å²) in [6, 6.07) is 10.3. The van der Waals surface area contributed by atoms with Crippen molar-refractivity contribution in [1.82, 2.24) is 19.6 Å². The number of anilines is 2. The van der Waals surface area contributed by atoms with E-state index < -0.39 is 0 Å². The van der Waals surface area contributed by atoms with Crippen molar-refractivity contribution in [3.05, 3.63) is 35.9 Å². The summed E-state index contributed by atoms with van der Waals surface area (Å²) in [6.45, 7) is 4.16. The fourth-order valence-electron chi connectivity index (χ4n) is 3.70. The molecule has 26 heavy (non-hydrogen) atoms. The molecule has 1 fully saturated rings. The summed E-state index contributed by atoms with van der Waals surface area (Å²) >= 11 is 0. The highest BCUT2D eigenvalue weighted by atomic mass is 15.4. The zero-order chi connectivity index (χ0) is 18.1. The molecule has 0 N–H and O–H groups in total. The van der Waals surface area contributed by atoms with Gasteiger partial charge in [-0.3, -0.25) is 0 Å². The number of hydrogen-bond acceptors (Lipinski definition) is 5. The zero-order valence-corrected chi connectivity index (χ0v) is 15.8. The quantitative estimate of drug-likeness (QED) is 0.723. The van der Waals surface area contributed by atoms with Crippen molar-refractivity contribution in [2.45, 2.75) is 32.6 Å². The van der Waals surface area contributed by atoms with E-state index in [2.05, 4.69) is 38.6 Å². The van der Waals surface area contributed by atoms with Gasteiger partial charge in [0, 0.05) is 38.3 Å². The van der Waals surface area contributed by atoms with E-state index in [1.165, 1.54) is 25.7 Å². The van der Waals surface area contributed by atoms with Crippen molar-refractivity contribution in [2.75, 3.05) is 37.0 Å². The van der Waals surface area contributed by atoms with Gasteiger partial charge in [-0.15, -0.1) is 10.2 Å². The maximum Gasteiger partial charge on any atom is 0.234 e. The van der Waals surface area contributed by atoms with Gasteiger partial charge in [-0.1, -0.05) is 43.2 Å². The lowest BCUT2D eigenvalue weighted by atomic mass is 10.1. The second-order valence-electron chi connectivity index (χ2n) is 7.21. The van der Waals surface area contributed by atoms with Gasteiger partial charge < -0.3 is 9.80 Å². The van der Waals surface area contributed by atoms with Crippen LogP contribution in [0.3, 0.4) is 0 Å². The number of fused-ring (bicyclic) bond motifs is 1. The smallest absolute Gasteiger partial charge is 0.234 e. The lowest BCUT2D eigenvalue weighted by molar-refractivity contribution is 0.726. The van der Waals surface area contributed by atoms with Crippen LogP contribution in [0.25, 0.3) is 16.9 Å². The van der Waals surface area contributed by atoms with E-state index in [-0.39, 0.29) is 0 Å². The van der Waals surface area contributed by atoms with Crippen LogP contribution in [0.4, 0.5) is 11.9 Å². The van der Waals surface area contributed by atoms with E-state index in [0.29, 0.717) is 0 Å². The largest absolute Gasteiger partial charge is 0.348 e. The molecule has 136 valence electrons. The van der Waals surface area contributed by atoms with Gasteiger partial charge in [0.25, 0.3) is 0 Å². The van der Waals surface area contributed by atoms with E-state index in [9.17, 15) is 0 Å². The Balaban J connectivity index is 1.91. The summed E-state index contributed by atoms with van der Waals surface area (Å²) in [4.78, 5) is 9.41. The molecule has 0 bridgehead atoms. The molecular formula is C20H26N6. The summed E-state index contributed by atoms with van der Waals surface area (Å²) in [6.07, 6.45) is 5.01. The molecule has 3 aromatic rings. The lowest BCUT2D eigenvalue weighted by Gasteiger charge is -2.23. The molecule has 0 aliphatic carbocycles. The molecule has 3 heterocycles. The summed E-state index contributed by atoms with van der Waals surface area (Å²) in [5.74, 6) is 1.79. The first-order valence-electron chi connectivity index (χ1n) is 9.40. The number of aryl methyl sites for hydroxylation is 1. The Hall–Kier alpha value is -2.63. The minimum atomic E-state index is 0.869. The Kier molecular flexibility index (Phi) is 4.49. The Morgan fingerprint density at radius 3 is 2.27 bits per heavy atom. The highest BCUT2D eigenvalue weighted by Gasteiger charge is 2.22. The van der Waals surface area contributed by atoms with Gasteiger partial charge in [0.2, 0.25) is 11.9 Å². The number of aromatic nitrogens is 4. The van der Waals surface area contributed by atoms with Gasteiger partial charge in [0.05, 0.1) is 5.69 Å². The molecule has 2 aromatic heterocycles. The average molecular weight is 350 g/mol. The molecule has 1 aliphatic rings. The molecule has 1 aromatic carbocycles. The maximum absolute atomic E-state index is 5.00.